The summed E-state index contributed by atoms with van der Waals surface area (Å²) in [5, 5.41) is 20.9. The van der Waals surface area contributed by atoms with Gasteiger partial charge >= 0.3 is 0 Å². The summed E-state index contributed by atoms with van der Waals surface area (Å²) in [5.74, 6) is 0.670. The zero-order chi connectivity index (χ0) is 19.8. The van der Waals surface area contributed by atoms with Crippen LogP contribution in [0.4, 0.5) is 5.82 Å². The highest BCUT2D eigenvalue weighted by molar-refractivity contribution is 8.00. The molecule has 2 aromatic rings. The normalized spacial score (nSPS) is 11.1. The van der Waals surface area contributed by atoms with Crippen LogP contribution < -0.4 is 15.8 Å². The Morgan fingerprint density at radius 1 is 1.30 bits per heavy atom. The predicted octanol–water partition coefficient (Wildman–Crippen LogP) is 2.26. The predicted molar refractivity (Wildman–Crippen MR) is 103 cm³/mol. The summed E-state index contributed by atoms with van der Waals surface area (Å²) in [6.07, 6.45) is 0.693. The second kappa shape index (κ2) is 9.46. The Balaban J connectivity index is 1.93. The number of rotatable bonds is 7. The van der Waals surface area contributed by atoms with Crippen LogP contribution >= 0.6 is 11.8 Å². The maximum Gasteiger partial charge on any atom is 0.233 e. The number of nitrogens with two attached hydrogens (primary N) is 1. The number of hydrogen-bond acceptors (Lipinski definition) is 7. The molecule has 0 aliphatic rings. The van der Waals surface area contributed by atoms with Crippen molar-refractivity contribution in [3.05, 3.63) is 47.0 Å². The maximum absolute atomic E-state index is 12.3. The van der Waals surface area contributed by atoms with E-state index in [1.807, 2.05) is 36.4 Å². The molecule has 0 saturated heterocycles. The van der Waals surface area contributed by atoms with E-state index >= 15 is 0 Å². The number of nitrogens with one attached hydrogen (secondary N) is 1. The molecule has 2 rings (SSSR count). The van der Waals surface area contributed by atoms with Crippen LogP contribution in [0, 0.1) is 22.7 Å². The van der Waals surface area contributed by atoms with Gasteiger partial charge in [-0.2, -0.15) is 10.5 Å². The number of nitrogens with zero attached hydrogens (tertiary/aromatic N) is 3. The number of carbonyl (C=O) groups is 1. The number of aromatic nitrogens is 1. The van der Waals surface area contributed by atoms with Crippen molar-refractivity contribution in [3.8, 4) is 17.9 Å². The molecule has 27 heavy (non-hydrogen) atoms. The Morgan fingerprint density at radius 2 is 1.96 bits per heavy atom. The average molecular weight is 381 g/mol. The molecule has 8 heteroatoms. The van der Waals surface area contributed by atoms with Crippen LogP contribution in [0.5, 0.6) is 5.75 Å². The van der Waals surface area contributed by atoms with Gasteiger partial charge in [0.1, 0.15) is 28.7 Å². The smallest absolute Gasteiger partial charge is 0.233 e. The number of anilines is 1. The third-order valence-electron chi connectivity index (χ3n) is 3.79. The molecule has 0 spiro atoms. The summed E-state index contributed by atoms with van der Waals surface area (Å²) >= 11 is 1.14. The van der Waals surface area contributed by atoms with Gasteiger partial charge in [0.05, 0.1) is 23.5 Å². The quantitative estimate of drug-likeness (QED) is 0.705. The number of nitrogen functional groups attached to an aromatic ring is 1. The largest absolute Gasteiger partial charge is 0.497 e. The van der Waals surface area contributed by atoms with Gasteiger partial charge in [-0.1, -0.05) is 23.9 Å². The van der Waals surface area contributed by atoms with Crippen LogP contribution in [0.25, 0.3) is 0 Å². The van der Waals surface area contributed by atoms with E-state index in [9.17, 15) is 10.1 Å². The standard InChI is InChI=1S/C19H19N5O2S/c1-12(27-19-15(11-21)9-14(10-20)17(22)24-19)18(25)23-8-7-13-3-5-16(26-2)6-4-13/h3-6,9,12H,7-8H2,1-2H3,(H2,22,24)(H,23,25)/t12-/m1/s1. The lowest BCUT2D eigenvalue weighted by Gasteiger charge is -2.13. The van der Waals surface area contributed by atoms with Gasteiger partial charge in [-0.3, -0.25) is 4.79 Å². The number of benzene rings is 1. The lowest BCUT2D eigenvalue weighted by Crippen LogP contribution is -2.32. The summed E-state index contributed by atoms with van der Waals surface area (Å²) in [7, 11) is 1.61. The third-order valence-corrected chi connectivity index (χ3v) is 4.89. The van der Waals surface area contributed by atoms with Crippen molar-refractivity contribution in [2.24, 2.45) is 0 Å². The van der Waals surface area contributed by atoms with Crippen LogP contribution in [0.15, 0.2) is 35.4 Å². The van der Waals surface area contributed by atoms with Crippen molar-refractivity contribution in [1.29, 1.82) is 10.5 Å². The van der Waals surface area contributed by atoms with E-state index in [0.717, 1.165) is 23.1 Å². The van der Waals surface area contributed by atoms with Crippen molar-refractivity contribution < 1.29 is 9.53 Å². The van der Waals surface area contributed by atoms with Gasteiger partial charge in [0.2, 0.25) is 5.91 Å². The molecule has 1 aromatic carbocycles. The van der Waals surface area contributed by atoms with Crippen molar-refractivity contribution in [2.75, 3.05) is 19.4 Å². The maximum atomic E-state index is 12.3. The summed E-state index contributed by atoms with van der Waals surface area (Å²) in [5.41, 5.74) is 7.17. The zero-order valence-electron chi connectivity index (χ0n) is 15.0. The topological polar surface area (TPSA) is 125 Å². The van der Waals surface area contributed by atoms with Crippen molar-refractivity contribution in [1.82, 2.24) is 10.3 Å². The molecule has 1 heterocycles. The van der Waals surface area contributed by atoms with Gasteiger partial charge in [0.15, 0.2) is 0 Å². The molecule has 0 saturated carbocycles. The molecule has 1 atom stereocenters. The molecule has 0 aliphatic heterocycles. The van der Waals surface area contributed by atoms with E-state index in [1.165, 1.54) is 6.07 Å². The number of carbonyl (C=O) groups excluding carboxylic acids is 1. The number of nitriles is 2. The minimum Gasteiger partial charge on any atom is -0.497 e. The number of amides is 1. The number of methoxy groups -OCH3 is 1. The van der Waals surface area contributed by atoms with E-state index in [1.54, 1.807) is 14.0 Å². The second-order valence-electron chi connectivity index (χ2n) is 5.65. The Morgan fingerprint density at radius 3 is 2.56 bits per heavy atom. The first-order valence-corrected chi connectivity index (χ1v) is 9.04. The molecule has 0 bridgehead atoms. The molecule has 138 valence electrons. The van der Waals surface area contributed by atoms with Gasteiger partial charge in [-0.05, 0) is 37.1 Å². The van der Waals surface area contributed by atoms with Crippen molar-refractivity contribution in [2.45, 2.75) is 23.6 Å². The molecular weight excluding hydrogens is 362 g/mol. The Hall–Kier alpha value is -3.23. The van der Waals surface area contributed by atoms with Crippen LogP contribution in [0.2, 0.25) is 0 Å². The second-order valence-corrected chi connectivity index (χ2v) is 6.98. The van der Waals surface area contributed by atoms with Crippen LogP contribution in [0.3, 0.4) is 0 Å². The number of ether oxygens (including phenoxy) is 1. The van der Waals surface area contributed by atoms with Gasteiger partial charge in [0, 0.05) is 6.54 Å². The Labute approximate surface area is 162 Å². The molecule has 1 amide bonds. The first kappa shape index (κ1) is 20.1. The highest BCUT2D eigenvalue weighted by Crippen LogP contribution is 2.27. The summed E-state index contributed by atoms with van der Waals surface area (Å²) in [4.78, 5) is 16.4. The highest BCUT2D eigenvalue weighted by atomic mass is 32.2. The van der Waals surface area contributed by atoms with Gasteiger partial charge in [0.25, 0.3) is 0 Å². The van der Waals surface area contributed by atoms with E-state index in [-0.39, 0.29) is 22.9 Å². The molecule has 0 fully saturated rings. The molecule has 3 N–H and O–H groups in total. The minimum atomic E-state index is -0.465. The first-order valence-electron chi connectivity index (χ1n) is 8.16. The van der Waals surface area contributed by atoms with Gasteiger partial charge in [-0.15, -0.1) is 0 Å². The molecule has 1 aromatic heterocycles. The highest BCUT2D eigenvalue weighted by Gasteiger charge is 2.18. The molecule has 0 unspecified atom stereocenters. The van der Waals surface area contributed by atoms with Crippen LogP contribution in [-0.4, -0.2) is 29.8 Å². The summed E-state index contributed by atoms with van der Waals surface area (Å²) in [6, 6.07) is 12.9. The first-order chi connectivity index (χ1) is 13.0. The van der Waals surface area contributed by atoms with Crippen molar-refractivity contribution in [3.63, 3.8) is 0 Å². The fourth-order valence-electron chi connectivity index (χ4n) is 2.26. The summed E-state index contributed by atoms with van der Waals surface area (Å²) < 4.78 is 5.11. The van der Waals surface area contributed by atoms with Gasteiger partial charge in [-0.25, -0.2) is 4.98 Å². The SMILES string of the molecule is COc1ccc(CCNC(=O)[C@@H](C)Sc2nc(N)c(C#N)cc2C#N)cc1. The van der Waals surface area contributed by atoms with Crippen molar-refractivity contribution >= 4 is 23.5 Å². The molecule has 7 nitrogen and oxygen atoms in total. The zero-order valence-corrected chi connectivity index (χ0v) is 15.8. The number of pyridine rings is 1. The summed E-state index contributed by atoms with van der Waals surface area (Å²) in [6.45, 7) is 2.22. The number of hydrogen-bond donors (Lipinski definition) is 2. The lowest BCUT2D eigenvalue weighted by atomic mass is 10.1. The number of thioether (sulfide) groups is 1. The van der Waals surface area contributed by atoms with E-state index in [0.29, 0.717) is 18.0 Å². The average Bonchev–Trinajstić information content (AvgIpc) is 2.68. The molecule has 0 radical (unpaired) electrons. The third kappa shape index (κ3) is 5.37. The van der Waals surface area contributed by atoms with E-state index in [2.05, 4.69) is 10.3 Å². The minimum absolute atomic E-state index is 0.0473. The Bertz CT molecular complexity index is 900. The monoisotopic (exact) mass is 381 g/mol. The lowest BCUT2D eigenvalue weighted by molar-refractivity contribution is -0.120. The molecular formula is C19H19N5O2S. The molecule has 0 aliphatic carbocycles. The fraction of sp³-hybridized carbons (Fsp3) is 0.263. The van der Waals surface area contributed by atoms with E-state index < -0.39 is 5.25 Å². The van der Waals surface area contributed by atoms with Crippen LogP contribution in [0.1, 0.15) is 23.6 Å². The van der Waals surface area contributed by atoms with E-state index in [4.69, 9.17) is 15.7 Å². The Kier molecular flexibility index (Phi) is 7.04. The van der Waals surface area contributed by atoms with Gasteiger partial charge < -0.3 is 15.8 Å². The fourth-order valence-corrected chi connectivity index (χ4v) is 3.16. The van der Waals surface area contributed by atoms with Crippen LogP contribution in [-0.2, 0) is 11.2 Å².